The van der Waals surface area contributed by atoms with E-state index in [4.69, 9.17) is 19.9 Å². The van der Waals surface area contributed by atoms with Crippen LogP contribution in [0, 0.1) is 24.2 Å². The summed E-state index contributed by atoms with van der Waals surface area (Å²) >= 11 is 0. The summed E-state index contributed by atoms with van der Waals surface area (Å²) in [5, 5.41) is 9.82. The summed E-state index contributed by atoms with van der Waals surface area (Å²) in [7, 11) is 3.09. The molecule has 1 aromatic heterocycles. The van der Waals surface area contributed by atoms with E-state index in [1.54, 1.807) is 35.9 Å². The molecule has 0 aliphatic carbocycles. The molecular formula is C22H25N3O4. The third-order valence-corrected chi connectivity index (χ3v) is 4.99. The molecule has 0 fully saturated rings. The lowest BCUT2D eigenvalue weighted by molar-refractivity contribution is 0.378. The fourth-order valence-electron chi connectivity index (χ4n) is 3.65. The van der Waals surface area contributed by atoms with Crippen LogP contribution < -0.4 is 25.5 Å². The first-order valence-electron chi connectivity index (χ1n) is 9.36. The van der Waals surface area contributed by atoms with Gasteiger partial charge in [-0.1, -0.05) is 13.8 Å². The maximum Gasteiger partial charge on any atom is 0.258 e. The Morgan fingerprint density at radius 1 is 1.28 bits per heavy atom. The van der Waals surface area contributed by atoms with Gasteiger partial charge in [-0.05, 0) is 31.0 Å². The molecule has 0 bridgehead atoms. The number of hydrogen-bond donors (Lipinski definition) is 1. The largest absolute Gasteiger partial charge is 0.497 e. The zero-order valence-electron chi connectivity index (χ0n) is 17.3. The highest BCUT2D eigenvalue weighted by molar-refractivity contribution is 5.59. The maximum atomic E-state index is 13.5. The molecule has 7 heteroatoms. The number of hydrogen-bond acceptors (Lipinski definition) is 6. The molecule has 1 aromatic carbocycles. The number of nitrogens with two attached hydrogens (primary N) is 1. The average Bonchev–Trinajstić information content (AvgIpc) is 2.69. The molecule has 0 unspecified atom stereocenters. The van der Waals surface area contributed by atoms with E-state index in [2.05, 4.69) is 6.07 Å². The smallest absolute Gasteiger partial charge is 0.258 e. The molecule has 1 aliphatic rings. The van der Waals surface area contributed by atoms with Gasteiger partial charge in [0, 0.05) is 23.9 Å². The predicted octanol–water partition coefficient (Wildman–Crippen LogP) is 3.05. The Balaban J connectivity index is 2.36. The number of rotatable bonds is 5. The van der Waals surface area contributed by atoms with Gasteiger partial charge >= 0.3 is 0 Å². The Morgan fingerprint density at radius 3 is 2.59 bits per heavy atom. The van der Waals surface area contributed by atoms with Crippen LogP contribution in [0.3, 0.4) is 0 Å². The first kappa shape index (κ1) is 20.3. The van der Waals surface area contributed by atoms with Gasteiger partial charge in [0.25, 0.3) is 5.56 Å². The van der Waals surface area contributed by atoms with E-state index in [-0.39, 0.29) is 22.9 Å². The van der Waals surface area contributed by atoms with Crippen LogP contribution in [0.1, 0.15) is 36.6 Å². The van der Waals surface area contributed by atoms with Gasteiger partial charge in [-0.25, -0.2) is 0 Å². The molecule has 1 aliphatic heterocycles. The summed E-state index contributed by atoms with van der Waals surface area (Å²) in [6.45, 7) is 6.50. The van der Waals surface area contributed by atoms with Gasteiger partial charge in [0.1, 0.15) is 28.9 Å². The van der Waals surface area contributed by atoms with Crippen LogP contribution in [0.25, 0.3) is 0 Å². The van der Waals surface area contributed by atoms with E-state index < -0.39 is 5.92 Å². The SMILES string of the molecule is COc1ccc(OC)c([C@H]2C(C#N)=C(N)Oc3cc(C)n(CC(C)C)c(=O)c32)c1. The predicted molar refractivity (Wildman–Crippen MR) is 109 cm³/mol. The number of methoxy groups -OCH3 is 2. The molecule has 2 heterocycles. The van der Waals surface area contributed by atoms with E-state index in [0.29, 0.717) is 34.9 Å². The molecule has 0 radical (unpaired) electrons. The second-order valence-electron chi connectivity index (χ2n) is 7.41. The fourth-order valence-corrected chi connectivity index (χ4v) is 3.65. The summed E-state index contributed by atoms with van der Waals surface area (Å²) in [5.74, 6) is 1.00. The molecule has 7 nitrogen and oxygen atoms in total. The molecule has 2 N–H and O–H groups in total. The van der Waals surface area contributed by atoms with Crippen molar-refractivity contribution < 1.29 is 14.2 Å². The number of aromatic nitrogens is 1. The molecule has 0 saturated heterocycles. The van der Waals surface area contributed by atoms with Crippen LogP contribution in [0.15, 0.2) is 40.5 Å². The summed E-state index contributed by atoms with van der Waals surface area (Å²) in [5.41, 5.74) is 7.79. The van der Waals surface area contributed by atoms with E-state index in [1.807, 2.05) is 20.8 Å². The topological polar surface area (TPSA) is 99.5 Å². The van der Waals surface area contributed by atoms with Crippen LogP contribution in [-0.4, -0.2) is 18.8 Å². The third-order valence-electron chi connectivity index (χ3n) is 4.99. The van der Waals surface area contributed by atoms with Crippen molar-refractivity contribution in [2.45, 2.75) is 33.2 Å². The molecule has 2 aromatic rings. The van der Waals surface area contributed by atoms with Crippen molar-refractivity contribution in [1.82, 2.24) is 4.57 Å². The lowest BCUT2D eigenvalue weighted by atomic mass is 9.83. The molecule has 3 rings (SSSR count). The van der Waals surface area contributed by atoms with Crippen LogP contribution in [0.2, 0.25) is 0 Å². The Hall–Kier alpha value is -3.40. The monoisotopic (exact) mass is 395 g/mol. The van der Waals surface area contributed by atoms with E-state index >= 15 is 0 Å². The highest BCUT2D eigenvalue weighted by Crippen LogP contribution is 2.44. The minimum absolute atomic E-state index is 0.0183. The number of aryl methyl sites for hydroxylation is 1. The first-order chi connectivity index (χ1) is 13.8. The average molecular weight is 395 g/mol. The fraction of sp³-hybridized carbons (Fsp3) is 0.364. The zero-order valence-corrected chi connectivity index (χ0v) is 17.3. The van der Waals surface area contributed by atoms with Gasteiger partial charge in [0.15, 0.2) is 0 Å². The minimum Gasteiger partial charge on any atom is -0.497 e. The minimum atomic E-state index is -0.722. The maximum absolute atomic E-state index is 13.5. The van der Waals surface area contributed by atoms with E-state index in [1.165, 1.54) is 7.11 Å². The molecule has 1 atom stereocenters. The highest BCUT2D eigenvalue weighted by atomic mass is 16.5. The Morgan fingerprint density at radius 2 is 2.00 bits per heavy atom. The number of ether oxygens (including phenoxy) is 3. The van der Waals surface area contributed by atoms with Crippen molar-refractivity contribution >= 4 is 0 Å². The van der Waals surface area contributed by atoms with Gasteiger partial charge in [-0.3, -0.25) is 4.79 Å². The Kier molecular flexibility index (Phi) is 5.55. The Labute approximate surface area is 169 Å². The van der Waals surface area contributed by atoms with Crippen molar-refractivity contribution in [3.05, 3.63) is 62.9 Å². The number of nitriles is 1. The number of nitrogens with zero attached hydrogens (tertiary/aromatic N) is 2. The summed E-state index contributed by atoms with van der Waals surface area (Å²) in [6.07, 6.45) is 0. The van der Waals surface area contributed by atoms with Gasteiger partial charge in [-0.15, -0.1) is 0 Å². The molecule has 29 heavy (non-hydrogen) atoms. The summed E-state index contributed by atoms with van der Waals surface area (Å²) in [4.78, 5) is 13.5. The van der Waals surface area contributed by atoms with Gasteiger partial charge in [-0.2, -0.15) is 5.26 Å². The van der Waals surface area contributed by atoms with Crippen LogP contribution >= 0.6 is 0 Å². The van der Waals surface area contributed by atoms with Crippen LogP contribution in [0.5, 0.6) is 17.2 Å². The standard InChI is InChI=1S/C22H25N3O4/c1-12(2)11-25-13(3)8-18-20(22(25)26)19(16(10-23)21(24)29-18)15-9-14(27-4)6-7-17(15)28-5/h6-9,12,19H,11,24H2,1-5H3/t19-/m0/s1. The Bertz CT molecular complexity index is 1080. The lowest BCUT2D eigenvalue weighted by Crippen LogP contribution is -2.33. The quantitative estimate of drug-likeness (QED) is 0.835. The van der Waals surface area contributed by atoms with Gasteiger partial charge in [0.2, 0.25) is 5.88 Å². The number of fused-ring (bicyclic) bond motifs is 1. The number of benzene rings is 1. The highest BCUT2D eigenvalue weighted by Gasteiger charge is 2.36. The van der Waals surface area contributed by atoms with E-state index in [0.717, 1.165) is 5.69 Å². The van der Waals surface area contributed by atoms with Crippen molar-refractivity contribution in [2.75, 3.05) is 14.2 Å². The van der Waals surface area contributed by atoms with Crippen LogP contribution in [0.4, 0.5) is 0 Å². The van der Waals surface area contributed by atoms with Gasteiger partial charge in [0.05, 0.1) is 25.7 Å². The van der Waals surface area contributed by atoms with E-state index in [9.17, 15) is 10.1 Å². The lowest BCUT2D eigenvalue weighted by Gasteiger charge is -2.28. The molecule has 0 spiro atoms. The number of pyridine rings is 1. The molecular weight excluding hydrogens is 370 g/mol. The molecule has 0 amide bonds. The first-order valence-corrected chi connectivity index (χ1v) is 9.36. The summed E-state index contributed by atoms with van der Waals surface area (Å²) in [6, 6.07) is 9.17. The second-order valence-corrected chi connectivity index (χ2v) is 7.41. The molecule has 152 valence electrons. The van der Waals surface area contributed by atoms with Crippen molar-refractivity contribution in [2.24, 2.45) is 11.7 Å². The van der Waals surface area contributed by atoms with Crippen molar-refractivity contribution in [1.29, 1.82) is 5.26 Å². The normalized spacial score (nSPS) is 15.6. The van der Waals surface area contributed by atoms with Crippen molar-refractivity contribution in [3.8, 4) is 23.3 Å². The number of allylic oxidation sites excluding steroid dienone is 1. The second kappa shape index (κ2) is 7.92. The van der Waals surface area contributed by atoms with Crippen molar-refractivity contribution in [3.63, 3.8) is 0 Å². The third kappa shape index (κ3) is 3.54. The summed E-state index contributed by atoms with van der Waals surface area (Å²) < 4.78 is 18.3. The zero-order chi connectivity index (χ0) is 21.3. The van der Waals surface area contributed by atoms with Gasteiger partial charge < -0.3 is 24.5 Å². The molecule has 0 saturated carbocycles. The van der Waals surface area contributed by atoms with Crippen LogP contribution in [-0.2, 0) is 6.54 Å².